The Bertz CT molecular complexity index is 3000. The predicted molar refractivity (Wildman–Crippen MR) is 616 cm³/mol. The predicted octanol–water partition coefficient (Wildman–Crippen LogP) is 35.2. The maximum atomic E-state index is 10.3. The lowest BCUT2D eigenvalue weighted by molar-refractivity contribution is -0.151. The Labute approximate surface area is 876 Å². The summed E-state index contributed by atoms with van der Waals surface area (Å²) in [6, 6.07) is 0. The maximum Gasteiger partial charge on any atom is 0.353 e. The lowest BCUT2D eigenvalue weighted by Gasteiger charge is -2.31. The fourth-order valence-corrected chi connectivity index (χ4v) is 16.0. The number of Topliss-reactive ketones (excluding diaryl/α,β-unsaturated/α-hetero) is 1. The fourth-order valence-electron chi connectivity index (χ4n) is 15.7. The van der Waals surface area contributed by atoms with Crippen molar-refractivity contribution < 1.29 is 19.4 Å². The normalized spacial score (nSPS) is 12.2. The molecule has 2 aliphatic rings. The second-order valence-corrected chi connectivity index (χ2v) is 38.4. The molecule has 796 valence electrons. The zero-order chi connectivity index (χ0) is 102. The van der Waals surface area contributed by atoms with Crippen LogP contribution in [0.3, 0.4) is 0 Å². The van der Waals surface area contributed by atoms with Crippen LogP contribution in [-0.2, 0) is 14.3 Å². The molecule has 0 radical (unpaired) electrons. The molecule has 1 unspecified atom stereocenters. The number of cyclic esters (lactones) is 1. The van der Waals surface area contributed by atoms with Gasteiger partial charge in [-0.1, -0.05) is 477 Å². The van der Waals surface area contributed by atoms with Crippen molar-refractivity contribution in [2.45, 2.75) is 534 Å². The SMILES string of the molecule is CC.CC(C)=O.CCCCCCCCCCCCCCCCC.CCCCCCCCN(CCCCCCCC)C(=N)N.CCCCCCCCN(CCCCCCCC)c1ncc(Cl)cn1.CCCCCCCCN(CCCCCCCC)c1ncc(N)cn1.CCCCCCCCN(CCCCCCCC)c1ncc2c(n1)C(C)=CC(C)(C)N2.II.N.N#CN.O=C1OC(O)C(Cl)=C1Cl. The molecule has 3 aromatic rings. The molecule has 26 heteroatoms. The lowest BCUT2D eigenvalue weighted by Crippen LogP contribution is -2.37. The van der Waals surface area contributed by atoms with E-state index in [0.29, 0.717) is 10.7 Å². The summed E-state index contributed by atoms with van der Waals surface area (Å²) >= 11 is 20.6. The zero-order valence-electron chi connectivity index (χ0n) is 90.7. The van der Waals surface area contributed by atoms with Gasteiger partial charge >= 0.3 is 5.97 Å². The first-order valence-corrected chi connectivity index (χ1v) is 62.2. The monoisotopic (exact) mass is 2190 g/mol. The Balaban J connectivity index is -0.000000371. The third-order valence-corrected chi connectivity index (χ3v) is 24.4. The second kappa shape index (κ2) is 109. The van der Waals surface area contributed by atoms with Crippen LogP contribution in [0.4, 0.5) is 29.2 Å². The molecule has 0 fully saturated rings. The van der Waals surface area contributed by atoms with Crippen molar-refractivity contribution in [2.75, 3.05) is 78.1 Å². The summed E-state index contributed by atoms with van der Waals surface area (Å²) < 4.78 is 4.16. The van der Waals surface area contributed by atoms with Crippen molar-refractivity contribution in [3.05, 3.63) is 57.8 Å². The molecule has 21 nitrogen and oxygen atoms in total. The Morgan fingerprint density at radius 1 is 0.441 bits per heavy atom. The largest absolute Gasteiger partial charge is 0.426 e. The van der Waals surface area contributed by atoms with Crippen LogP contribution in [0.1, 0.15) is 528 Å². The van der Waals surface area contributed by atoms with E-state index in [1.807, 2.05) is 20.0 Å². The van der Waals surface area contributed by atoms with Gasteiger partial charge in [-0.3, -0.25) is 5.41 Å². The van der Waals surface area contributed by atoms with Crippen molar-refractivity contribution in [3.8, 4) is 6.19 Å². The average Bonchev–Trinajstić information content (AvgIpc) is 1.66. The average molecular weight is 2200 g/mol. The number of hydrogen-bond donors (Lipinski definition) is 7. The van der Waals surface area contributed by atoms with E-state index in [2.05, 4.69) is 189 Å². The van der Waals surface area contributed by atoms with Gasteiger partial charge in [0.05, 0.1) is 58.6 Å². The summed E-state index contributed by atoms with van der Waals surface area (Å²) in [5.74, 6) is 2.22. The number of ketones is 1. The summed E-state index contributed by atoms with van der Waals surface area (Å²) in [5, 5.41) is 27.1. The molecule has 5 rings (SSSR count). The summed E-state index contributed by atoms with van der Waals surface area (Å²) in [5.41, 5.74) is 19.5. The van der Waals surface area contributed by atoms with Crippen LogP contribution in [0.15, 0.2) is 47.1 Å². The van der Waals surface area contributed by atoms with Gasteiger partial charge in [-0.2, -0.15) is 5.26 Å². The minimum atomic E-state index is -1.37. The van der Waals surface area contributed by atoms with E-state index < -0.39 is 12.3 Å². The van der Waals surface area contributed by atoms with E-state index in [-0.39, 0.29) is 33.5 Å². The third-order valence-electron chi connectivity index (χ3n) is 23.4. The van der Waals surface area contributed by atoms with Crippen molar-refractivity contribution in [1.29, 1.82) is 10.7 Å². The van der Waals surface area contributed by atoms with E-state index in [0.717, 1.165) is 81.6 Å². The van der Waals surface area contributed by atoms with Crippen LogP contribution in [0.5, 0.6) is 0 Å². The number of aliphatic hydroxyl groups is 1. The molecule has 12 N–H and O–H groups in total. The van der Waals surface area contributed by atoms with Crippen LogP contribution in [0.25, 0.3) is 5.57 Å². The number of carbonyl (C=O) groups is 2. The number of nitriles is 1. The number of aromatic nitrogens is 6. The molecular formula is C110H212Cl3I2N17O4. The van der Waals surface area contributed by atoms with Gasteiger partial charge in [-0.25, -0.2) is 34.7 Å². The molecule has 136 heavy (non-hydrogen) atoms. The number of allylic oxidation sites excluding steroid dienone is 1. The van der Waals surface area contributed by atoms with Gasteiger partial charge in [0.2, 0.25) is 24.1 Å². The highest BCUT2D eigenvalue weighted by Crippen LogP contribution is 2.34. The molecule has 0 saturated heterocycles. The van der Waals surface area contributed by atoms with Crippen LogP contribution in [-0.4, -0.2) is 122 Å². The first-order chi connectivity index (χ1) is 65.4. The van der Waals surface area contributed by atoms with E-state index >= 15 is 0 Å². The highest BCUT2D eigenvalue weighted by molar-refractivity contribution is 15.0. The number of nitrogens with two attached hydrogens (primary N) is 3. The Hall–Kier alpha value is -4.33. The molecule has 0 amide bonds. The number of hydrogen-bond acceptors (Lipinski definition) is 19. The van der Waals surface area contributed by atoms with E-state index in [1.165, 1.54) is 430 Å². The van der Waals surface area contributed by atoms with Gasteiger partial charge in [0, 0.05) is 89.6 Å². The zero-order valence-corrected chi connectivity index (χ0v) is 97.2. The summed E-state index contributed by atoms with van der Waals surface area (Å²) in [6.45, 7) is 44.6. The number of nitrogens with zero attached hydrogens (tertiary/aromatic N) is 11. The number of ether oxygens (including phenoxy) is 1. The Morgan fingerprint density at radius 3 is 0.868 bits per heavy atom. The van der Waals surface area contributed by atoms with Crippen LogP contribution in [0.2, 0.25) is 5.02 Å². The Kier molecular flexibility index (Phi) is 115. The molecule has 0 bridgehead atoms. The van der Waals surface area contributed by atoms with E-state index in [1.54, 1.807) is 24.8 Å². The van der Waals surface area contributed by atoms with E-state index in [4.69, 9.17) is 72.0 Å². The van der Waals surface area contributed by atoms with Crippen LogP contribution >= 0.6 is 72.0 Å². The van der Waals surface area contributed by atoms with Crippen molar-refractivity contribution in [3.63, 3.8) is 0 Å². The second-order valence-electron chi connectivity index (χ2n) is 37.2. The molecule has 0 spiro atoms. The first kappa shape index (κ1) is 142. The smallest absolute Gasteiger partial charge is 0.353 e. The number of unbranched alkanes of at least 4 members (excludes halogenated alkanes) is 54. The van der Waals surface area contributed by atoms with Gasteiger partial charge < -0.3 is 62.9 Å². The van der Waals surface area contributed by atoms with Crippen molar-refractivity contribution in [1.82, 2.24) is 41.0 Å². The summed E-state index contributed by atoms with van der Waals surface area (Å²) in [6.07, 6.45) is 96.1. The molecule has 3 aromatic heterocycles. The molecule has 0 aliphatic carbocycles. The summed E-state index contributed by atoms with van der Waals surface area (Å²) in [7, 11) is 0. The number of carbonyl (C=O) groups excluding carboxylic acids is 2. The van der Waals surface area contributed by atoms with Crippen LogP contribution < -0.4 is 43.4 Å². The van der Waals surface area contributed by atoms with Gasteiger partial charge in [0.1, 0.15) is 15.8 Å². The number of nitrogens with one attached hydrogen (secondary N) is 2. The molecule has 5 heterocycles. The number of aliphatic hydroxyl groups excluding tert-OH is 1. The van der Waals surface area contributed by atoms with E-state index in [9.17, 15) is 9.59 Å². The number of halogens is 5. The van der Waals surface area contributed by atoms with Gasteiger partial charge in [-0.05, 0) is 91.6 Å². The number of esters is 1. The molecule has 1 atom stereocenters. The topological polar surface area (TPSA) is 327 Å². The Morgan fingerprint density at radius 2 is 0.654 bits per heavy atom. The number of anilines is 5. The third kappa shape index (κ3) is 92.1. The highest BCUT2D eigenvalue weighted by atomic mass is 128. The number of rotatable bonds is 73. The van der Waals surface area contributed by atoms with Crippen LogP contribution in [0, 0.1) is 16.9 Å². The molecule has 0 saturated carbocycles. The molecule has 2 aliphatic heterocycles. The number of nitrogen functional groups attached to an aromatic ring is 1. The quantitative estimate of drug-likeness (QED) is 0.00525. The van der Waals surface area contributed by atoms with Gasteiger partial charge in [-0.15, -0.1) is 0 Å². The maximum absolute atomic E-state index is 10.3. The van der Waals surface area contributed by atoms with Crippen molar-refractivity contribution in [2.24, 2.45) is 11.5 Å². The summed E-state index contributed by atoms with van der Waals surface area (Å²) in [4.78, 5) is 56.4. The highest BCUT2D eigenvalue weighted by Gasteiger charge is 2.30. The number of guanidine groups is 1. The minimum Gasteiger partial charge on any atom is -0.426 e. The molecular weight excluding hydrogens is 1980 g/mol. The first-order valence-electron chi connectivity index (χ1n) is 54.8. The lowest BCUT2D eigenvalue weighted by atomic mass is 9.95. The standard InChI is InChI=1S/C26H46N4.C20H36ClN3.C20H38N4.C17H37N3.C17H36.C4H2Cl2O3.C3H6O.C2H6.CH2N2.I2.H3N/c1-6-8-10-12-14-16-18-30(19-17-15-13-11-9-7-2)25-27-21-23-24(28-25)22(3)20-26(4,5)29-23;2*1-3-5-7-9-11-13-15-24(16-14-12-10-8-6-4-2)20-22-17-19(21)18-23-20;1-3-5-7-9-11-13-15-20(17(18)19)16-14-12-10-8-6-4-2;1-3-5-7-9-11-13-15-17-16-14-12-10-8-6-4-2;5-1-2(6)4(8)9-3(1)7;1-3(2)4;1-2;2-1-3;1-2;/h20-21,29H,6-19H2,1-5H3;17-18H,3-16H2,1-2H3;17-18H,3-16,21H2,1-2H3;3-16H2,1-2H3,(H3,18,19);3-17H2,1-2H3;3,7H;1-2H3;1-2H3;2H2;;1H3. The minimum absolute atomic E-state index is 0. The molecule has 0 aromatic carbocycles. The fraction of sp³-hybridized carbons (Fsp3) is 0.818. The number of fused-ring (bicyclic) bond motifs is 1. The van der Waals surface area contributed by atoms with Gasteiger partial charge in [0.25, 0.3) is 0 Å². The van der Waals surface area contributed by atoms with Crippen molar-refractivity contribution >= 4 is 125 Å². The van der Waals surface area contributed by atoms with Gasteiger partial charge in [0.15, 0.2) is 12.2 Å².